The van der Waals surface area contributed by atoms with E-state index in [1.54, 1.807) is 6.07 Å². The van der Waals surface area contributed by atoms with Gasteiger partial charge in [-0.1, -0.05) is 12.1 Å². The van der Waals surface area contributed by atoms with Crippen LogP contribution in [0.15, 0.2) is 18.2 Å². The highest BCUT2D eigenvalue weighted by Crippen LogP contribution is 2.18. The molecule has 0 fully saturated rings. The molecule has 64 valence electrons. The lowest BCUT2D eigenvalue weighted by atomic mass is 10.1. The predicted molar refractivity (Wildman–Crippen MR) is 46.7 cm³/mol. The molecule has 4 heteroatoms. The Labute approximate surface area is 71.8 Å². The Bertz CT molecular complexity index is 273. The van der Waals surface area contributed by atoms with Gasteiger partial charge in [-0.3, -0.25) is 0 Å². The van der Waals surface area contributed by atoms with Gasteiger partial charge >= 0.3 is 7.32 Å². The minimum absolute atomic E-state index is 0.505. The molecule has 0 unspecified atom stereocenters. The molecule has 0 aliphatic rings. The largest absolute Gasteiger partial charge is 0.707 e. The maximum absolute atomic E-state index is 8.55. The van der Waals surface area contributed by atoms with Crippen molar-refractivity contribution in [2.45, 2.75) is 13.8 Å². The average Bonchev–Trinajstić information content (AvgIpc) is 1.96. The third-order valence-electron chi connectivity index (χ3n) is 1.58. The molecular formula is C8H11BO3. The zero-order valence-corrected chi connectivity index (χ0v) is 7.11. The van der Waals surface area contributed by atoms with Crippen molar-refractivity contribution in [3.05, 3.63) is 29.3 Å². The quantitative estimate of drug-likeness (QED) is 0.634. The van der Waals surface area contributed by atoms with Crippen LogP contribution >= 0.6 is 0 Å². The van der Waals surface area contributed by atoms with Crippen molar-refractivity contribution in [3.63, 3.8) is 0 Å². The molecule has 0 spiro atoms. The average molecular weight is 166 g/mol. The highest BCUT2D eigenvalue weighted by molar-refractivity contribution is 6.33. The second-order valence-electron chi connectivity index (χ2n) is 2.71. The van der Waals surface area contributed by atoms with Gasteiger partial charge in [-0.25, -0.2) is 0 Å². The first-order chi connectivity index (χ1) is 5.59. The second-order valence-corrected chi connectivity index (χ2v) is 2.71. The lowest BCUT2D eigenvalue weighted by Gasteiger charge is -2.08. The molecule has 1 aromatic carbocycles. The first kappa shape index (κ1) is 9.10. The summed E-state index contributed by atoms with van der Waals surface area (Å²) in [5, 5.41) is 17.1. The van der Waals surface area contributed by atoms with Crippen LogP contribution in [-0.4, -0.2) is 17.4 Å². The van der Waals surface area contributed by atoms with Crippen LogP contribution in [-0.2, 0) is 0 Å². The van der Waals surface area contributed by atoms with Crippen LogP contribution < -0.4 is 4.65 Å². The third-order valence-corrected chi connectivity index (χ3v) is 1.58. The highest BCUT2D eigenvalue weighted by Gasteiger charge is 2.12. The van der Waals surface area contributed by atoms with E-state index in [0.717, 1.165) is 11.1 Å². The van der Waals surface area contributed by atoms with Gasteiger partial charge in [0.2, 0.25) is 0 Å². The molecule has 0 atom stereocenters. The van der Waals surface area contributed by atoms with Gasteiger partial charge in [-0.2, -0.15) is 0 Å². The zero-order valence-electron chi connectivity index (χ0n) is 7.11. The van der Waals surface area contributed by atoms with Gasteiger partial charge < -0.3 is 14.7 Å². The molecule has 2 N–H and O–H groups in total. The molecule has 12 heavy (non-hydrogen) atoms. The zero-order chi connectivity index (χ0) is 9.14. The Balaban J connectivity index is 2.90. The van der Waals surface area contributed by atoms with Crippen LogP contribution in [0.2, 0.25) is 0 Å². The first-order valence-corrected chi connectivity index (χ1v) is 3.69. The standard InChI is InChI=1S/C8H11BO3/c1-6-3-4-7(2)8(5-6)12-9(10)11/h3-5,10-11H,1-2H3. The Hall–Kier alpha value is -0.995. The molecule has 0 bridgehead atoms. The normalized spacial score (nSPS) is 9.67. The molecule has 1 rings (SSSR count). The van der Waals surface area contributed by atoms with Gasteiger partial charge in [0.05, 0.1) is 0 Å². The van der Waals surface area contributed by atoms with Crippen molar-refractivity contribution in [2.75, 3.05) is 0 Å². The fraction of sp³-hybridized carbons (Fsp3) is 0.250. The molecule has 0 aromatic heterocycles. The van der Waals surface area contributed by atoms with Crippen LogP contribution in [0.5, 0.6) is 5.75 Å². The van der Waals surface area contributed by atoms with Crippen molar-refractivity contribution < 1.29 is 14.7 Å². The molecule has 1 aromatic rings. The van der Waals surface area contributed by atoms with Gasteiger partial charge in [-0.15, -0.1) is 0 Å². The van der Waals surface area contributed by atoms with Crippen molar-refractivity contribution in [3.8, 4) is 5.75 Å². The molecule has 0 heterocycles. The van der Waals surface area contributed by atoms with Gasteiger partial charge in [0, 0.05) is 0 Å². The first-order valence-electron chi connectivity index (χ1n) is 3.69. The van der Waals surface area contributed by atoms with Crippen LogP contribution in [0.4, 0.5) is 0 Å². The molecule has 0 radical (unpaired) electrons. The Morgan fingerprint density at radius 2 is 1.92 bits per heavy atom. The Morgan fingerprint density at radius 1 is 1.25 bits per heavy atom. The molecule has 0 saturated heterocycles. The van der Waals surface area contributed by atoms with E-state index < -0.39 is 7.32 Å². The highest BCUT2D eigenvalue weighted by atomic mass is 16.6. The van der Waals surface area contributed by atoms with E-state index in [1.165, 1.54) is 0 Å². The van der Waals surface area contributed by atoms with Crippen LogP contribution in [0.25, 0.3) is 0 Å². The van der Waals surface area contributed by atoms with Gasteiger partial charge in [0.1, 0.15) is 5.75 Å². The minimum atomic E-state index is -1.74. The number of benzene rings is 1. The third kappa shape index (κ3) is 2.25. The van der Waals surface area contributed by atoms with Crippen LogP contribution in [0.3, 0.4) is 0 Å². The smallest absolute Gasteiger partial charge is 0.512 e. The summed E-state index contributed by atoms with van der Waals surface area (Å²) in [6.45, 7) is 3.76. The fourth-order valence-electron chi connectivity index (χ4n) is 0.948. The second kappa shape index (κ2) is 3.60. The molecule has 3 nitrogen and oxygen atoms in total. The summed E-state index contributed by atoms with van der Waals surface area (Å²) in [7, 11) is -1.74. The lowest BCUT2D eigenvalue weighted by Crippen LogP contribution is -2.21. The summed E-state index contributed by atoms with van der Waals surface area (Å²) >= 11 is 0. The summed E-state index contributed by atoms with van der Waals surface area (Å²) in [6.07, 6.45) is 0. The molecule has 0 amide bonds. The van der Waals surface area contributed by atoms with Gasteiger partial charge in [0.15, 0.2) is 0 Å². The molecule has 0 saturated carbocycles. The summed E-state index contributed by atoms with van der Waals surface area (Å²) in [4.78, 5) is 0. The molecule has 0 aliphatic heterocycles. The van der Waals surface area contributed by atoms with E-state index >= 15 is 0 Å². The van der Waals surface area contributed by atoms with E-state index in [1.807, 2.05) is 26.0 Å². The van der Waals surface area contributed by atoms with E-state index in [-0.39, 0.29) is 0 Å². The predicted octanol–water partition coefficient (Wildman–Crippen LogP) is 0.652. The summed E-state index contributed by atoms with van der Waals surface area (Å²) in [5.74, 6) is 0.505. The maximum atomic E-state index is 8.55. The van der Waals surface area contributed by atoms with Gasteiger partial charge in [0.25, 0.3) is 0 Å². The summed E-state index contributed by atoms with van der Waals surface area (Å²) in [5.41, 5.74) is 1.91. The Morgan fingerprint density at radius 3 is 2.50 bits per heavy atom. The SMILES string of the molecule is Cc1ccc(C)c(OB(O)O)c1. The topological polar surface area (TPSA) is 49.7 Å². The monoisotopic (exact) mass is 166 g/mol. The number of aryl methyl sites for hydroxylation is 2. The van der Waals surface area contributed by atoms with E-state index in [2.05, 4.69) is 0 Å². The van der Waals surface area contributed by atoms with Crippen molar-refractivity contribution in [1.82, 2.24) is 0 Å². The number of hydrogen-bond donors (Lipinski definition) is 2. The van der Waals surface area contributed by atoms with E-state index in [0.29, 0.717) is 5.75 Å². The van der Waals surface area contributed by atoms with Crippen LogP contribution in [0.1, 0.15) is 11.1 Å². The van der Waals surface area contributed by atoms with E-state index in [9.17, 15) is 0 Å². The van der Waals surface area contributed by atoms with E-state index in [4.69, 9.17) is 14.7 Å². The minimum Gasteiger partial charge on any atom is -0.512 e. The Kier molecular flexibility index (Phi) is 2.73. The molecule has 0 aliphatic carbocycles. The summed E-state index contributed by atoms with van der Waals surface area (Å²) in [6, 6.07) is 5.56. The lowest BCUT2D eigenvalue weighted by molar-refractivity contribution is 0.287. The number of rotatable bonds is 2. The maximum Gasteiger partial charge on any atom is 0.707 e. The van der Waals surface area contributed by atoms with Gasteiger partial charge in [-0.05, 0) is 31.0 Å². The molecular weight excluding hydrogens is 155 g/mol. The number of hydrogen-bond acceptors (Lipinski definition) is 3. The fourth-order valence-corrected chi connectivity index (χ4v) is 0.948. The van der Waals surface area contributed by atoms with Crippen LogP contribution in [0, 0.1) is 13.8 Å². The van der Waals surface area contributed by atoms with Crippen molar-refractivity contribution >= 4 is 7.32 Å². The van der Waals surface area contributed by atoms with Crippen molar-refractivity contribution in [1.29, 1.82) is 0 Å². The summed E-state index contributed by atoms with van der Waals surface area (Å²) < 4.78 is 4.74. The van der Waals surface area contributed by atoms with Crippen molar-refractivity contribution in [2.24, 2.45) is 0 Å².